The van der Waals surface area contributed by atoms with Gasteiger partial charge in [0.15, 0.2) is 5.78 Å². The molecule has 0 radical (unpaired) electrons. The molecule has 1 spiro atoms. The number of amides is 1. The zero-order valence-electron chi connectivity index (χ0n) is 16.5. The van der Waals surface area contributed by atoms with Crippen LogP contribution in [0.1, 0.15) is 30.4 Å². The molecular formula is C24H20N4O2. The monoisotopic (exact) mass is 396 g/mol. The number of para-hydroxylation sites is 1. The normalized spacial score (nSPS) is 22.7. The van der Waals surface area contributed by atoms with Crippen molar-refractivity contribution in [2.75, 3.05) is 10.2 Å². The molecule has 3 N–H and O–H groups in total. The summed E-state index contributed by atoms with van der Waals surface area (Å²) >= 11 is 0. The lowest BCUT2D eigenvalue weighted by molar-refractivity contribution is -0.122. The number of rotatable bonds is 1. The Balaban J connectivity index is 1.90. The average Bonchev–Trinajstić information content (AvgIpc) is 3.01. The maximum absolute atomic E-state index is 13.5. The zero-order valence-corrected chi connectivity index (χ0v) is 16.5. The Hall–Kier alpha value is -3.85. The highest BCUT2D eigenvalue weighted by molar-refractivity contribution is 6.19. The summed E-state index contributed by atoms with van der Waals surface area (Å²) in [4.78, 5) is 28.6. The van der Waals surface area contributed by atoms with Gasteiger partial charge in [-0.05, 0) is 38.0 Å². The summed E-state index contributed by atoms with van der Waals surface area (Å²) in [6, 6.07) is 17.2. The van der Waals surface area contributed by atoms with Gasteiger partial charge in [-0.3, -0.25) is 14.5 Å². The first-order valence-electron chi connectivity index (χ1n) is 9.95. The van der Waals surface area contributed by atoms with Crippen molar-refractivity contribution in [3.8, 4) is 6.07 Å². The minimum absolute atomic E-state index is 0.0993. The SMILES string of the molecule is Cc1ccc2c(c1)[C@]1(C(=O)N2)C(C#N)=C(N)N(c2ccccc2)C2=C1C(=O)CCC2. The van der Waals surface area contributed by atoms with Gasteiger partial charge in [0.25, 0.3) is 0 Å². The minimum atomic E-state index is -1.50. The Kier molecular flexibility index (Phi) is 3.84. The van der Waals surface area contributed by atoms with Crippen molar-refractivity contribution in [1.29, 1.82) is 5.26 Å². The predicted octanol–water partition coefficient (Wildman–Crippen LogP) is 3.41. The van der Waals surface area contributed by atoms with E-state index in [9.17, 15) is 14.9 Å². The molecule has 0 aromatic heterocycles. The van der Waals surface area contributed by atoms with Crippen LogP contribution in [0.4, 0.5) is 11.4 Å². The summed E-state index contributed by atoms with van der Waals surface area (Å²) < 4.78 is 0. The molecule has 2 aromatic carbocycles. The van der Waals surface area contributed by atoms with Crippen molar-refractivity contribution in [1.82, 2.24) is 0 Å². The first-order chi connectivity index (χ1) is 14.5. The van der Waals surface area contributed by atoms with Crippen molar-refractivity contribution < 1.29 is 9.59 Å². The second-order valence-corrected chi connectivity index (χ2v) is 7.89. The van der Waals surface area contributed by atoms with Crippen molar-refractivity contribution >= 4 is 23.1 Å². The lowest BCUT2D eigenvalue weighted by atomic mass is 9.63. The molecule has 6 nitrogen and oxygen atoms in total. The van der Waals surface area contributed by atoms with Gasteiger partial charge < -0.3 is 11.1 Å². The Bertz CT molecular complexity index is 1220. The number of ketones is 1. The van der Waals surface area contributed by atoms with Gasteiger partial charge in [0.1, 0.15) is 17.3 Å². The molecular weight excluding hydrogens is 376 g/mol. The molecule has 2 heterocycles. The molecule has 1 amide bonds. The second kappa shape index (κ2) is 6.33. The summed E-state index contributed by atoms with van der Waals surface area (Å²) in [5.74, 6) is -0.304. The van der Waals surface area contributed by atoms with E-state index in [1.54, 1.807) is 4.90 Å². The lowest BCUT2D eigenvalue weighted by Crippen LogP contribution is -2.50. The molecule has 30 heavy (non-hydrogen) atoms. The van der Waals surface area contributed by atoms with E-state index in [4.69, 9.17) is 5.73 Å². The van der Waals surface area contributed by atoms with E-state index < -0.39 is 11.3 Å². The first-order valence-corrected chi connectivity index (χ1v) is 9.95. The standard InChI is InChI=1S/C24H20N4O2/c1-14-10-11-18-16(12-14)24(23(30)27-18)17(13-25)22(26)28(15-6-3-2-4-7-15)19-8-5-9-20(29)21(19)24/h2-4,6-7,10-12H,5,8-9,26H2,1H3,(H,27,30)/t24-/m0/s1. The van der Waals surface area contributed by atoms with Crippen LogP contribution in [0, 0.1) is 18.3 Å². The van der Waals surface area contributed by atoms with Crippen LogP contribution in [0.25, 0.3) is 0 Å². The topological polar surface area (TPSA) is 99.2 Å². The van der Waals surface area contributed by atoms with Crippen molar-refractivity contribution in [3.05, 3.63) is 82.3 Å². The first kappa shape index (κ1) is 18.2. The molecule has 0 saturated heterocycles. The van der Waals surface area contributed by atoms with E-state index in [-0.39, 0.29) is 17.2 Å². The number of hydrogen-bond acceptors (Lipinski definition) is 5. The Morgan fingerprint density at radius 1 is 1.13 bits per heavy atom. The number of aryl methyl sites for hydroxylation is 1. The van der Waals surface area contributed by atoms with Gasteiger partial charge in [0, 0.05) is 34.6 Å². The number of allylic oxidation sites excluding steroid dienone is 1. The predicted molar refractivity (Wildman–Crippen MR) is 113 cm³/mol. The zero-order chi connectivity index (χ0) is 21.0. The van der Waals surface area contributed by atoms with Crippen LogP contribution in [0.2, 0.25) is 0 Å². The highest BCUT2D eigenvalue weighted by Crippen LogP contribution is 2.55. The van der Waals surface area contributed by atoms with E-state index >= 15 is 0 Å². The molecule has 1 aliphatic carbocycles. The fourth-order valence-corrected chi connectivity index (χ4v) is 4.98. The van der Waals surface area contributed by atoms with Gasteiger partial charge in [0.2, 0.25) is 5.91 Å². The molecule has 0 saturated carbocycles. The summed E-state index contributed by atoms with van der Waals surface area (Å²) in [6.07, 6.45) is 1.62. The van der Waals surface area contributed by atoms with E-state index in [2.05, 4.69) is 11.4 Å². The molecule has 1 atom stereocenters. The van der Waals surface area contributed by atoms with E-state index in [1.165, 1.54) is 0 Å². The average molecular weight is 396 g/mol. The summed E-state index contributed by atoms with van der Waals surface area (Å²) in [5, 5.41) is 13.1. The third kappa shape index (κ3) is 2.17. The van der Waals surface area contributed by atoms with Crippen LogP contribution < -0.4 is 16.0 Å². The number of hydrogen-bond donors (Lipinski definition) is 2. The molecule has 148 valence electrons. The summed E-state index contributed by atoms with van der Waals surface area (Å²) in [7, 11) is 0. The van der Waals surface area contributed by atoms with Gasteiger partial charge >= 0.3 is 0 Å². The highest BCUT2D eigenvalue weighted by Gasteiger charge is 2.60. The van der Waals surface area contributed by atoms with E-state index in [0.29, 0.717) is 41.8 Å². The largest absolute Gasteiger partial charge is 0.384 e. The number of carbonyl (C=O) groups is 2. The van der Waals surface area contributed by atoms with Gasteiger partial charge in [-0.1, -0.05) is 35.9 Å². The number of carbonyl (C=O) groups excluding carboxylic acids is 2. The number of Topliss-reactive ketones (excluding diaryl/α,β-unsaturated/α-hetero) is 1. The molecule has 2 aromatic rings. The lowest BCUT2D eigenvalue weighted by Gasteiger charge is -2.43. The van der Waals surface area contributed by atoms with E-state index in [1.807, 2.05) is 55.5 Å². The maximum atomic E-state index is 13.5. The van der Waals surface area contributed by atoms with Crippen molar-refractivity contribution in [3.63, 3.8) is 0 Å². The van der Waals surface area contributed by atoms with Gasteiger partial charge in [-0.2, -0.15) is 5.26 Å². The molecule has 0 unspecified atom stereocenters. The number of benzene rings is 2. The number of nitrogens with one attached hydrogen (secondary N) is 1. The third-order valence-electron chi connectivity index (χ3n) is 6.20. The molecule has 3 aliphatic rings. The molecule has 5 rings (SSSR count). The molecule has 0 fully saturated rings. The number of nitriles is 1. The molecule has 2 aliphatic heterocycles. The van der Waals surface area contributed by atoms with Gasteiger partial charge in [-0.15, -0.1) is 0 Å². The maximum Gasteiger partial charge on any atom is 0.245 e. The van der Waals surface area contributed by atoms with Crippen LogP contribution in [0.3, 0.4) is 0 Å². The van der Waals surface area contributed by atoms with Crippen LogP contribution in [-0.4, -0.2) is 11.7 Å². The number of anilines is 2. The Morgan fingerprint density at radius 2 is 1.90 bits per heavy atom. The number of nitrogens with two attached hydrogens (primary N) is 1. The van der Waals surface area contributed by atoms with Gasteiger partial charge in [0.05, 0.1) is 5.57 Å². The van der Waals surface area contributed by atoms with Crippen molar-refractivity contribution in [2.24, 2.45) is 5.73 Å². The van der Waals surface area contributed by atoms with Gasteiger partial charge in [-0.25, -0.2) is 0 Å². The van der Waals surface area contributed by atoms with Crippen LogP contribution in [-0.2, 0) is 15.0 Å². The number of nitrogens with zero attached hydrogens (tertiary/aromatic N) is 2. The molecule has 6 heteroatoms. The fourth-order valence-electron chi connectivity index (χ4n) is 4.98. The fraction of sp³-hybridized carbons (Fsp3) is 0.208. The second-order valence-electron chi connectivity index (χ2n) is 7.89. The smallest absolute Gasteiger partial charge is 0.245 e. The van der Waals surface area contributed by atoms with Crippen LogP contribution in [0.5, 0.6) is 0 Å². The quantitative estimate of drug-likeness (QED) is 0.770. The van der Waals surface area contributed by atoms with E-state index in [0.717, 1.165) is 11.3 Å². The Labute approximate surface area is 174 Å². The summed E-state index contributed by atoms with van der Waals surface area (Å²) in [5.41, 5.74) is 9.22. The highest BCUT2D eigenvalue weighted by atomic mass is 16.2. The molecule has 0 bridgehead atoms. The Morgan fingerprint density at radius 3 is 2.63 bits per heavy atom. The van der Waals surface area contributed by atoms with Crippen LogP contribution in [0.15, 0.2) is 71.2 Å². The minimum Gasteiger partial charge on any atom is -0.384 e. The van der Waals surface area contributed by atoms with Crippen LogP contribution >= 0.6 is 0 Å². The number of fused-ring (bicyclic) bond motifs is 3. The van der Waals surface area contributed by atoms with Crippen molar-refractivity contribution in [2.45, 2.75) is 31.6 Å². The third-order valence-corrected chi connectivity index (χ3v) is 6.20. The summed E-state index contributed by atoms with van der Waals surface area (Å²) in [6.45, 7) is 1.92.